The molecule has 0 saturated heterocycles. The highest BCUT2D eigenvalue weighted by Crippen LogP contribution is 2.03. The second kappa shape index (κ2) is 4.76. The Labute approximate surface area is 59.1 Å². The van der Waals surface area contributed by atoms with Gasteiger partial charge in [0, 0.05) is 0 Å². The van der Waals surface area contributed by atoms with Crippen LogP contribution in [0.2, 0.25) is 0 Å². The fraction of sp³-hybridized carbons (Fsp3) is 0.143. The van der Waals surface area contributed by atoms with Gasteiger partial charge in [-0.25, -0.2) is 0 Å². The molecular formula is C7H10FNO. The summed E-state index contributed by atoms with van der Waals surface area (Å²) >= 11 is 0. The van der Waals surface area contributed by atoms with Gasteiger partial charge in [-0.3, -0.25) is 15.0 Å². The van der Waals surface area contributed by atoms with E-state index in [1.54, 1.807) is 7.11 Å². The largest absolute Gasteiger partial charge is 0.279 e. The van der Waals surface area contributed by atoms with Gasteiger partial charge < -0.3 is 0 Å². The molecule has 1 aromatic rings. The molecule has 0 aromatic heterocycles. The summed E-state index contributed by atoms with van der Waals surface area (Å²) in [7, 11) is 1.59. The van der Waals surface area contributed by atoms with Gasteiger partial charge in [0.05, 0.1) is 12.8 Å². The first-order chi connectivity index (χ1) is 4.43. The summed E-state index contributed by atoms with van der Waals surface area (Å²) in [6.07, 6.45) is 0. The molecule has 0 amide bonds. The molecule has 0 saturated carbocycles. The van der Waals surface area contributed by atoms with Crippen LogP contribution < -0.4 is 5.48 Å². The quantitative estimate of drug-likeness (QED) is 0.637. The molecular weight excluding hydrogens is 133 g/mol. The van der Waals surface area contributed by atoms with Crippen LogP contribution in [-0.2, 0) is 4.84 Å². The van der Waals surface area contributed by atoms with Gasteiger partial charge in [-0.15, -0.1) is 0 Å². The first kappa shape index (κ1) is 8.91. The summed E-state index contributed by atoms with van der Waals surface area (Å²) in [5, 5.41) is 0. The maximum absolute atomic E-state index is 4.68. The molecule has 0 radical (unpaired) electrons. The van der Waals surface area contributed by atoms with Gasteiger partial charge in [0.15, 0.2) is 0 Å². The molecule has 1 rings (SSSR count). The molecule has 10 heavy (non-hydrogen) atoms. The van der Waals surface area contributed by atoms with Crippen LogP contribution in [0.3, 0.4) is 0 Å². The van der Waals surface area contributed by atoms with E-state index in [4.69, 9.17) is 0 Å². The number of para-hydroxylation sites is 1. The van der Waals surface area contributed by atoms with Crippen molar-refractivity contribution in [3.63, 3.8) is 0 Å². The Morgan fingerprint density at radius 1 is 1.20 bits per heavy atom. The molecule has 1 N–H and O–H groups in total. The van der Waals surface area contributed by atoms with Crippen LogP contribution in [0.5, 0.6) is 0 Å². The average molecular weight is 143 g/mol. The lowest BCUT2D eigenvalue weighted by Crippen LogP contribution is -1.93. The molecule has 3 heteroatoms. The Morgan fingerprint density at radius 3 is 2.30 bits per heavy atom. The molecule has 56 valence electrons. The number of halogens is 1. The van der Waals surface area contributed by atoms with E-state index in [1.165, 1.54) is 0 Å². The summed E-state index contributed by atoms with van der Waals surface area (Å²) in [4.78, 5) is 4.68. The first-order valence-electron chi connectivity index (χ1n) is 2.77. The molecule has 0 bridgehead atoms. The van der Waals surface area contributed by atoms with Gasteiger partial charge >= 0.3 is 0 Å². The van der Waals surface area contributed by atoms with E-state index >= 15 is 0 Å². The van der Waals surface area contributed by atoms with E-state index in [9.17, 15) is 0 Å². The van der Waals surface area contributed by atoms with Crippen molar-refractivity contribution in [2.24, 2.45) is 0 Å². The Kier molecular flexibility index (Phi) is 4.24. The van der Waals surface area contributed by atoms with Crippen LogP contribution in [0, 0.1) is 0 Å². The average Bonchev–Trinajstić information content (AvgIpc) is 1.91. The number of nitrogens with one attached hydrogen (secondary N) is 1. The van der Waals surface area contributed by atoms with Gasteiger partial charge in [-0.05, 0) is 12.1 Å². The SMILES string of the molecule is CONc1ccccc1.F. The van der Waals surface area contributed by atoms with Crippen molar-refractivity contribution in [2.75, 3.05) is 12.6 Å². The van der Waals surface area contributed by atoms with Crippen LogP contribution in [0.4, 0.5) is 10.4 Å². The molecule has 0 fully saturated rings. The zero-order chi connectivity index (χ0) is 6.53. The van der Waals surface area contributed by atoms with E-state index in [-0.39, 0.29) is 4.70 Å². The van der Waals surface area contributed by atoms with Crippen LogP contribution in [0.25, 0.3) is 0 Å². The first-order valence-corrected chi connectivity index (χ1v) is 2.77. The van der Waals surface area contributed by atoms with Gasteiger partial charge in [0.25, 0.3) is 0 Å². The van der Waals surface area contributed by atoms with Crippen molar-refractivity contribution in [1.82, 2.24) is 0 Å². The number of rotatable bonds is 2. The molecule has 0 unspecified atom stereocenters. The van der Waals surface area contributed by atoms with Gasteiger partial charge in [-0.2, -0.15) is 0 Å². The third kappa shape index (κ3) is 2.46. The Morgan fingerprint density at radius 2 is 1.80 bits per heavy atom. The van der Waals surface area contributed by atoms with Gasteiger partial charge in [-0.1, -0.05) is 18.2 Å². The Balaban J connectivity index is 0.000000810. The predicted octanol–water partition coefficient (Wildman–Crippen LogP) is 1.81. The minimum atomic E-state index is 0. The van der Waals surface area contributed by atoms with Crippen LogP contribution in [0.1, 0.15) is 0 Å². The van der Waals surface area contributed by atoms with Crippen molar-refractivity contribution in [3.05, 3.63) is 30.3 Å². The van der Waals surface area contributed by atoms with Crippen molar-refractivity contribution < 1.29 is 9.54 Å². The van der Waals surface area contributed by atoms with E-state index in [2.05, 4.69) is 10.3 Å². The smallest absolute Gasteiger partial charge is 0.0636 e. The third-order valence-electron chi connectivity index (χ3n) is 0.994. The molecule has 0 heterocycles. The second-order valence-electron chi connectivity index (χ2n) is 1.67. The zero-order valence-corrected chi connectivity index (χ0v) is 5.70. The topological polar surface area (TPSA) is 21.3 Å². The molecule has 0 spiro atoms. The van der Waals surface area contributed by atoms with Gasteiger partial charge in [0.1, 0.15) is 0 Å². The summed E-state index contributed by atoms with van der Waals surface area (Å²) in [5.41, 5.74) is 3.68. The van der Waals surface area contributed by atoms with Crippen molar-refractivity contribution in [1.29, 1.82) is 0 Å². The standard InChI is InChI=1S/C7H9NO.FH/c1-9-8-7-5-3-2-4-6-7;/h2-6,8H,1H3;1H. The fourth-order valence-corrected chi connectivity index (χ4v) is 0.624. The number of benzene rings is 1. The van der Waals surface area contributed by atoms with E-state index in [1.807, 2.05) is 30.3 Å². The lowest BCUT2D eigenvalue weighted by molar-refractivity contribution is 0.271. The number of anilines is 1. The summed E-state index contributed by atoms with van der Waals surface area (Å²) in [6, 6.07) is 9.72. The highest BCUT2D eigenvalue weighted by Gasteiger charge is 1.82. The summed E-state index contributed by atoms with van der Waals surface area (Å²) in [5.74, 6) is 0. The monoisotopic (exact) mass is 143 g/mol. The van der Waals surface area contributed by atoms with Gasteiger partial charge in [0.2, 0.25) is 0 Å². The summed E-state index contributed by atoms with van der Waals surface area (Å²) < 4.78 is 0. The molecule has 0 aliphatic rings. The minimum absolute atomic E-state index is 0. The normalized spacial score (nSPS) is 8.10. The molecule has 0 aliphatic heterocycles. The van der Waals surface area contributed by atoms with Crippen molar-refractivity contribution in [3.8, 4) is 0 Å². The molecule has 1 aromatic carbocycles. The maximum Gasteiger partial charge on any atom is 0.0636 e. The molecule has 0 aliphatic carbocycles. The third-order valence-corrected chi connectivity index (χ3v) is 0.994. The molecule has 2 nitrogen and oxygen atoms in total. The lowest BCUT2D eigenvalue weighted by Gasteiger charge is -1.99. The highest BCUT2D eigenvalue weighted by molar-refractivity contribution is 5.39. The van der Waals surface area contributed by atoms with E-state index < -0.39 is 0 Å². The second-order valence-corrected chi connectivity index (χ2v) is 1.67. The van der Waals surface area contributed by atoms with Crippen LogP contribution in [0.15, 0.2) is 30.3 Å². The van der Waals surface area contributed by atoms with E-state index in [0.29, 0.717) is 0 Å². The van der Waals surface area contributed by atoms with Crippen LogP contribution >= 0.6 is 0 Å². The summed E-state index contributed by atoms with van der Waals surface area (Å²) in [6.45, 7) is 0. The van der Waals surface area contributed by atoms with E-state index in [0.717, 1.165) is 5.69 Å². The molecule has 0 atom stereocenters. The Bertz CT molecular complexity index is 167. The predicted molar refractivity (Wildman–Crippen MR) is 39.6 cm³/mol. The van der Waals surface area contributed by atoms with Crippen LogP contribution in [-0.4, -0.2) is 7.11 Å². The lowest BCUT2D eigenvalue weighted by atomic mass is 10.3. The number of hydrogen-bond acceptors (Lipinski definition) is 2. The van der Waals surface area contributed by atoms with Crippen molar-refractivity contribution >= 4 is 5.69 Å². The highest BCUT2D eigenvalue weighted by atomic mass is 19.0. The number of hydrogen-bond donors (Lipinski definition) is 1. The maximum atomic E-state index is 4.68. The minimum Gasteiger partial charge on any atom is -0.279 e. The Hall–Kier alpha value is -1.09. The van der Waals surface area contributed by atoms with Crippen molar-refractivity contribution in [2.45, 2.75) is 0 Å². The zero-order valence-electron chi connectivity index (χ0n) is 5.70. The fourth-order valence-electron chi connectivity index (χ4n) is 0.624.